The molecule has 3 aromatic rings. The molecule has 0 atom stereocenters. The summed E-state index contributed by atoms with van der Waals surface area (Å²) in [6, 6.07) is 8.81. The van der Waals surface area contributed by atoms with E-state index >= 15 is 0 Å². The fraction of sp³-hybridized carbons (Fsp3) is 0.200. The Morgan fingerprint density at radius 2 is 1.86 bits per heavy atom. The molecular weight excluding hydrogens is 392 g/mol. The molecule has 1 aromatic carbocycles. The minimum absolute atomic E-state index is 0.112. The lowest BCUT2D eigenvalue weighted by Gasteiger charge is -2.06. The highest BCUT2D eigenvalue weighted by molar-refractivity contribution is 7.14. The lowest BCUT2D eigenvalue weighted by Crippen LogP contribution is -2.24. The number of nitrogens with one attached hydrogen (secondary N) is 3. The van der Waals surface area contributed by atoms with Crippen molar-refractivity contribution in [2.24, 2.45) is 0 Å². The molecule has 2 heterocycles. The van der Waals surface area contributed by atoms with E-state index in [0.29, 0.717) is 34.4 Å². The van der Waals surface area contributed by atoms with E-state index in [-0.39, 0.29) is 24.1 Å². The summed E-state index contributed by atoms with van der Waals surface area (Å²) in [5.41, 5.74) is 2.64. The molecule has 8 nitrogen and oxygen atoms in total. The summed E-state index contributed by atoms with van der Waals surface area (Å²) in [6.07, 6.45) is 1.57. The first kappa shape index (κ1) is 20.3. The van der Waals surface area contributed by atoms with E-state index in [1.807, 2.05) is 12.1 Å². The van der Waals surface area contributed by atoms with Crippen LogP contribution in [0.25, 0.3) is 0 Å². The van der Waals surface area contributed by atoms with Gasteiger partial charge in [0, 0.05) is 24.5 Å². The number of amides is 3. The number of carbonyl (C=O) groups is 3. The van der Waals surface area contributed by atoms with Gasteiger partial charge >= 0.3 is 0 Å². The van der Waals surface area contributed by atoms with Gasteiger partial charge < -0.3 is 15.1 Å². The third-order valence-electron chi connectivity index (χ3n) is 3.98. The third-order valence-corrected chi connectivity index (χ3v) is 4.79. The second kappa shape index (κ2) is 9.16. The summed E-state index contributed by atoms with van der Waals surface area (Å²) < 4.78 is 5.12. The number of anilines is 2. The number of rotatable bonds is 7. The summed E-state index contributed by atoms with van der Waals surface area (Å²) in [4.78, 5) is 39.6. The van der Waals surface area contributed by atoms with Gasteiger partial charge in [0.05, 0.1) is 23.9 Å². The second-order valence-electron chi connectivity index (χ2n) is 6.32. The predicted molar refractivity (Wildman–Crippen MR) is 110 cm³/mol. The Hall–Kier alpha value is -3.46. The Morgan fingerprint density at radius 1 is 1.10 bits per heavy atom. The van der Waals surface area contributed by atoms with Crippen LogP contribution in [0.3, 0.4) is 0 Å². The van der Waals surface area contributed by atoms with Gasteiger partial charge in [-0.15, -0.1) is 11.3 Å². The van der Waals surface area contributed by atoms with Crippen molar-refractivity contribution in [3.05, 3.63) is 64.6 Å². The van der Waals surface area contributed by atoms with Crippen LogP contribution in [-0.4, -0.2) is 22.7 Å². The van der Waals surface area contributed by atoms with Crippen LogP contribution in [0.15, 0.2) is 46.4 Å². The zero-order chi connectivity index (χ0) is 20.8. The first-order valence-electron chi connectivity index (χ1n) is 8.84. The topological polar surface area (TPSA) is 113 Å². The van der Waals surface area contributed by atoms with E-state index in [0.717, 1.165) is 5.56 Å². The van der Waals surface area contributed by atoms with Crippen molar-refractivity contribution in [3.8, 4) is 0 Å². The zero-order valence-electron chi connectivity index (χ0n) is 15.9. The van der Waals surface area contributed by atoms with E-state index < -0.39 is 0 Å². The molecule has 0 radical (unpaired) electrons. The number of carbonyl (C=O) groups excluding carboxylic acids is 3. The molecule has 9 heteroatoms. The lowest BCUT2D eigenvalue weighted by molar-refractivity contribution is -0.120. The minimum atomic E-state index is -0.302. The van der Waals surface area contributed by atoms with Crippen LogP contribution in [0.1, 0.15) is 34.3 Å². The average molecular weight is 412 g/mol. The van der Waals surface area contributed by atoms with E-state index in [2.05, 4.69) is 20.9 Å². The van der Waals surface area contributed by atoms with Crippen LogP contribution in [0.2, 0.25) is 0 Å². The first-order chi connectivity index (χ1) is 13.9. The van der Waals surface area contributed by atoms with Crippen molar-refractivity contribution in [2.75, 3.05) is 10.6 Å². The molecule has 3 amide bonds. The normalized spacial score (nSPS) is 10.4. The largest absolute Gasteiger partial charge is 0.469 e. The van der Waals surface area contributed by atoms with Gasteiger partial charge in [0.15, 0.2) is 5.13 Å². The highest BCUT2D eigenvalue weighted by Gasteiger charge is 2.14. The number of thiazole rings is 1. The van der Waals surface area contributed by atoms with E-state index in [1.165, 1.54) is 24.5 Å². The quantitative estimate of drug-likeness (QED) is 0.552. The second-order valence-corrected chi connectivity index (χ2v) is 7.18. The summed E-state index contributed by atoms with van der Waals surface area (Å²) in [5.74, 6) is -0.0809. The van der Waals surface area contributed by atoms with Gasteiger partial charge in [0.1, 0.15) is 5.76 Å². The third kappa shape index (κ3) is 5.76. The molecule has 0 spiro atoms. The highest BCUT2D eigenvalue weighted by Crippen LogP contribution is 2.18. The van der Waals surface area contributed by atoms with Crippen LogP contribution in [0, 0.1) is 6.92 Å². The number of hydrogen-bond donors (Lipinski definition) is 3. The van der Waals surface area contributed by atoms with Crippen LogP contribution >= 0.6 is 11.3 Å². The summed E-state index contributed by atoms with van der Waals surface area (Å²) in [5, 5.41) is 10.4. The van der Waals surface area contributed by atoms with Crippen molar-refractivity contribution >= 4 is 39.9 Å². The van der Waals surface area contributed by atoms with E-state index in [4.69, 9.17) is 4.42 Å². The molecule has 150 valence electrons. The van der Waals surface area contributed by atoms with E-state index in [1.54, 1.807) is 30.5 Å². The number of aromatic nitrogens is 1. The minimum Gasteiger partial charge on any atom is -0.469 e. The summed E-state index contributed by atoms with van der Waals surface area (Å²) in [7, 11) is 0. The Balaban J connectivity index is 1.48. The van der Waals surface area contributed by atoms with Gasteiger partial charge in [0.2, 0.25) is 11.8 Å². The Morgan fingerprint density at radius 3 is 2.52 bits per heavy atom. The Bertz CT molecular complexity index is 1020. The van der Waals surface area contributed by atoms with Crippen molar-refractivity contribution in [1.82, 2.24) is 10.3 Å². The van der Waals surface area contributed by atoms with Crippen molar-refractivity contribution in [3.63, 3.8) is 0 Å². The molecule has 3 N–H and O–H groups in total. The molecule has 0 saturated heterocycles. The maximum Gasteiger partial charge on any atom is 0.260 e. The molecule has 0 aliphatic heterocycles. The number of furan rings is 1. The molecule has 0 aliphatic carbocycles. The highest BCUT2D eigenvalue weighted by atomic mass is 32.1. The molecule has 0 saturated carbocycles. The van der Waals surface area contributed by atoms with Crippen LogP contribution < -0.4 is 16.0 Å². The monoisotopic (exact) mass is 412 g/mol. The maximum atomic E-state index is 12.2. The van der Waals surface area contributed by atoms with Gasteiger partial charge in [-0.3, -0.25) is 19.7 Å². The molecule has 2 aromatic heterocycles. The van der Waals surface area contributed by atoms with Gasteiger partial charge in [-0.1, -0.05) is 12.1 Å². The molecule has 0 bridgehead atoms. The molecule has 0 fully saturated rings. The molecular formula is C20H20N4O4S. The standard InChI is InChI=1S/C20H20N4O4S/c1-12-17(7-8-28-12)19(27)24-20-23-16(11-29-20)9-18(26)21-10-14-3-5-15(6-4-14)22-13(2)25/h3-8,11H,9-10H2,1-2H3,(H,21,26)(H,22,25)(H,23,24,27). The Labute approximate surface area is 171 Å². The van der Waals surface area contributed by atoms with Crippen LogP contribution in [0.5, 0.6) is 0 Å². The Kier molecular flexibility index (Phi) is 6.40. The number of nitrogens with zero attached hydrogens (tertiary/aromatic N) is 1. The van der Waals surface area contributed by atoms with Gasteiger partial charge in [0.25, 0.3) is 5.91 Å². The molecule has 0 unspecified atom stereocenters. The van der Waals surface area contributed by atoms with E-state index in [9.17, 15) is 14.4 Å². The number of hydrogen-bond acceptors (Lipinski definition) is 6. The summed E-state index contributed by atoms with van der Waals surface area (Å²) >= 11 is 1.26. The fourth-order valence-electron chi connectivity index (χ4n) is 2.57. The van der Waals surface area contributed by atoms with Crippen molar-refractivity contribution in [1.29, 1.82) is 0 Å². The lowest BCUT2D eigenvalue weighted by atomic mass is 10.2. The smallest absolute Gasteiger partial charge is 0.260 e. The van der Waals surface area contributed by atoms with Gasteiger partial charge in [-0.25, -0.2) is 4.98 Å². The predicted octanol–water partition coefficient (Wildman–Crippen LogP) is 3.11. The molecule has 3 rings (SSSR count). The zero-order valence-corrected chi connectivity index (χ0v) is 16.8. The first-order valence-corrected chi connectivity index (χ1v) is 9.72. The summed E-state index contributed by atoms with van der Waals surface area (Å²) in [6.45, 7) is 3.52. The van der Waals surface area contributed by atoms with Crippen LogP contribution in [0.4, 0.5) is 10.8 Å². The van der Waals surface area contributed by atoms with Crippen molar-refractivity contribution < 1.29 is 18.8 Å². The number of benzene rings is 1. The fourth-order valence-corrected chi connectivity index (χ4v) is 3.27. The van der Waals surface area contributed by atoms with Gasteiger partial charge in [-0.2, -0.15) is 0 Å². The average Bonchev–Trinajstić information content (AvgIpc) is 3.29. The van der Waals surface area contributed by atoms with Crippen molar-refractivity contribution in [2.45, 2.75) is 26.8 Å². The van der Waals surface area contributed by atoms with Crippen LogP contribution in [-0.2, 0) is 22.6 Å². The molecule has 0 aliphatic rings. The SMILES string of the molecule is CC(=O)Nc1ccc(CNC(=O)Cc2csc(NC(=O)c3ccoc3C)n2)cc1. The molecule has 29 heavy (non-hydrogen) atoms. The number of aryl methyl sites for hydroxylation is 1. The van der Waals surface area contributed by atoms with Gasteiger partial charge in [-0.05, 0) is 30.7 Å². The maximum absolute atomic E-state index is 12.2.